The molecule has 2 amide bonds. The zero-order chi connectivity index (χ0) is 24.0. The first kappa shape index (κ1) is 24.2. The molecule has 1 aliphatic heterocycles. The van der Waals surface area contributed by atoms with E-state index >= 15 is 0 Å². The van der Waals surface area contributed by atoms with E-state index < -0.39 is 0 Å². The van der Waals surface area contributed by atoms with E-state index in [1.807, 2.05) is 0 Å². The number of morpholine rings is 1. The molecule has 0 aliphatic carbocycles. The summed E-state index contributed by atoms with van der Waals surface area (Å²) in [5.74, 6) is -0.404. The molecule has 1 aromatic heterocycles. The Morgan fingerprint density at radius 3 is 2.48 bits per heavy atom. The molecule has 176 valence electrons. The van der Waals surface area contributed by atoms with Crippen molar-refractivity contribution in [2.24, 2.45) is 11.7 Å². The second-order valence-corrected chi connectivity index (χ2v) is 8.19. The van der Waals surface area contributed by atoms with Crippen LogP contribution in [0.2, 0.25) is 0 Å². The molecule has 1 aliphatic rings. The van der Waals surface area contributed by atoms with Gasteiger partial charge in [0.2, 0.25) is 11.8 Å². The summed E-state index contributed by atoms with van der Waals surface area (Å²) in [7, 11) is 1.77. The average Bonchev–Trinajstić information content (AvgIpc) is 2.80. The lowest BCUT2D eigenvalue weighted by molar-refractivity contribution is -0.135. The number of nitrogens with zero attached hydrogens (tertiary/aromatic N) is 3. The third-order valence-corrected chi connectivity index (χ3v) is 5.34. The minimum atomic E-state index is -0.369. The van der Waals surface area contributed by atoms with E-state index in [0.29, 0.717) is 54.6 Å². The monoisotopic (exact) mass is 455 g/mol. The minimum absolute atomic E-state index is 0.0485. The number of anilines is 1. The van der Waals surface area contributed by atoms with Crippen LogP contribution < -0.4 is 11.1 Å². The third kappa shape index (κ3) is 6.29. The van der Waals surface area contributed by atoms with Crippen LogP contribution in [-0.2, 0) is 14.3 Å². The molecule has 1 fully saturated rings. The quantitative estimate of drug-likeness (QED) is 0.665. The normalized spacial score (nSPS) is 14.6. The van der Waals surface area contributed by atoms with Crippen LogP contribution in [0.5, 0.6) is 0 Å². The Labute approximate surface area is 193 Å². The molecule has 8 nitrogen and oxygen atoms in total. The van der Waals surface area contributed by atoms with Crippen molar-refractivity contribution in [3.63, 3.8) is 0 Å². The summed E-state index contributed by atoms with van der Waals surface area (Å²) in [6.07, 6.45) is 1.57. The van der Waals surface area contributed by atoms with Gasteiger partial charge in [0.1, 0.15) is 11.6 Å². The first-order valence-electron chi connectivity index (χ1n) is 10.9. The summed E-state index contributed by atoms with van der Waals surface area (Å²) in [5.41, 5.74) is 8.77. The fraction of sp³-hybridized carbons (Fsp3) is 0.375. The number of pyridine rings is 1. The smallest absolute Gasteiger partial charge is 0.242 e. The van der Waals surface area contributed by atoms with Crippen LogP contribution in [0.1, 0.15) is 25.0 Å². The van der Waals surface area contributed by atoms with Crippen molar-refractivity contribution in [3.8, 4) is 0 Å². The van der Waals surface area contributed by atoms with Crippen molar-refractivity contribution in [2.75, 3.05) is 45.2 Å². The number of nitrogens with one attached hydrogen (secondary N) is 1. The van der Waals surface area contributed by atoms with Crippen LogP contribution in [0.3, 0.4) is 0 Å². The number of carbonyl (C=O) groups excluding carboxylic acids is 2. The van der Waals surface area contributed by atoms with E-state index in [-0.39, 0.29) is 30.1 Å². The van der Waals surface area contributed by atoms with Crippen LogP contribution >= 0.6 is 0 Å². The predicted molar refractivity (Wildman–Crippen MR) is 125 cm³/mol. The van der Waals surface area contributed by atoms with Gasteiger partial charge in [0.25, 0.3) is 0 Å². The largest absolute Gasteiger partial charge is 0.397 e. The number of rotatable bonds is 7. The SMILES string of the molecule is CC(C)C(=O)Nc1cc(/C(=C(/N)c2ccc(F)cc2)N(C)CC(=O)N2CCOCC2)ccn1. The second kappa shape index (κ2) is 10.9. The van der Waals surface area contributed by atoms with Gasteiger partial charge in [-0.25, -0.2) is 9.37 Å². The Balaban J connectivity index is 1.97. The molecule has 1 saturated heterocycles. The van der Waals surface area contributed by atoms with Gasteiger partial charge in [-0.1, -0.05) is 13.8 Å². The van der Waals surface area contributed by atoms with Crippen LogP contribution in [0.4, 0.5) is 10.2 Å². The van der Waals surface area contributed by atoms with Gasteiger partial charge in [0.15, 0.2) is 0 Å². The molecule has 0 unspecified atom stereocenters. The maximum Gasteiger partial charge on any atom is 0.242 e. The molecule has 3 rings (SSSR count). The van der Waals surface area contributed by atoms with E-state index in [1.54, 1.807) is 61.2 Å². The van der Waals surface area contributed by atoms with Gasteiger partial charge in [-0.15, -0.1) is 0 Å². The number of benzene rings is 1. The van der Waals surface area contributed by atoms with Crippen molar-refractivity contribution in [1.29, 1.82) is 0 Å². The van der Waals surface area contributed by atoms with E-state index in [0.717, 1.165) is 0 Å². The number of amides is 2. The fourth-order valence-corrected chi connectivity index (χ4v) is 3.46. The van der Waals surface area contributed by atoms with Gasteiger partial charge in [-0.3, -0.25) is 9.59 Å². The minimum Gasteiger partial charge on any atom is -0.397 e. The topological polar surface area (TPSA) is 101 Å². The highest BCUT2D eigenvalue weighted by Gasteiger charge is 2.22. The molecule has 1 aromatic carbocycles. The van der Waals surface area contributed by atoms with Gasteiger partial charge in [-0.05, 0) is 42.0 Å². The zero-order valence-corrected chi connectivity index (χ0v) is 19.2. The number of carbonyl (C=O) groups is 2. The first-order chi connectivity index (χ1) is 15.8. The van der Waals surface area contributed by atoms with Gasteiger partial charge >= 0.3 is 0 Å². The Hall–Kier alpha value is -3.46. The zero-order valence-electron chi connectivity index (χ0n) is 19.2. The van der Waals surface area contributed by atoms with E-state index in [4.69, 9.17) is 10.5 Å². The number of nitrogens with two attached hydrogens (primary N) is 1. The Kier molecular flexibility index (Phi) is 8.00. The van der Waals surface area contributed by atoms with Gasteiger partial charge in [0, 0.05) is 37.8 Å². The summed E-state index contributed by atoms with van der Waals surface area (Å²) >= 11 is 0. The van der Waals surface area contributed by atoms with Crippen molar-refractivity contribution in [1.82, 2.24) is 14.8 Å². The summed E-state index contributed by atoms with van der Waals surface area (Å²) in [4.78, 5) is 32.8. The molecule has 0 bridgehead atoms. The maximum atomic E-state index is 13.5. The molecule has 3 N–H and O–H groups in total. The van der Waals surface area contributed by atoms with Crippen molar-refractivity contribution in [2.45, 2.75) is 13.8 Å². The molecule has 0 saturated carbocycles. The van der Waals surface area contributed by atoms with E-state index in [2.05, 4.69) is 10.3 Å². The number of aromatic nitrogens is 1. The number of hydrogen-bond acceptors (Lipinski definition) is 6. The highest BCUT2D eigenvalue weighted by molar-refractivity contribution is 5.93. The summed E-state index contributed by atoms with van der Waals surface area (Å²) in [6, 6.07) is 9.31. The second-order valence-electron chi connectivity index (χ2n) is 8.19. The summed E-state index contributed by atoms with van der Waals surface area (Å²) < 4.78 is 18.8. The number of hydrogen-bond donors (Lipinski definition) is 2. The lowest BCUT2D eigenvalue weighted by Crippen LogP contribution is -2.44. The molecule has 2 heterocycles. The van der Waals surface area contributed by atoms with Crippen LogP contribution in [0.15, 0.2) is 42.6 Å². The van der Waals surface area contributed by atoms with E-state index in [1.165, 1.54) is 12.1 Å². The van der Waals surface area contributed by atoms with Gasteiger partial charge in [0.05, 0.1) is 31.2 Å². The van der Waals surface area contributed by atoms with Gasteiger partial charge < -0.3 is 25.6 Å². The maximum absolute atomic E-state index is 13.5. The van der Waals surface area contributed by atoms with Gasteiger partial charge in [-0.2, -0.15) is 0 Å². The summed E-state index contributed by atoms with van der Waals surface area (Å²) in [6.45, 7) is 5.79. The third-order valence-electron chi connectivity index (χ3n) is 5.34. The molecule has 0 atom stereocenters. The molecule has 2 aromatic rings. The highest BCUT2D eigenvalue weighted by Crippen LogP contribution is 2.27. The predicted octanol–water partition coefficient (Wildman–Crippen LogP) is 2.39. The molecule has 33 heavy (non-hydrogen) atoms. The molecule has 0 radical (unpaired) electrons. The van der Waals surface area contributed by atoms with Crippen molar-refractivity contribution < 1.29 is 18.7 Å². The lowest BCUT2D eigenvalue weighted by Gasteiger charge is -2.31. The van der Waals surface area contributed by atoms with E-state index in [9.17, 15) is 14.0 Å². The number of likely N-dealkylation sites (N-methyl/N-ethyl adjacent to an activating group) is 1. The highest BCUT2D eigenvalue weighted by atomic mass is 19.1. The molecule has 9 heteroatoms. The van der Waals surface area contributed by atoms with Crippen molar-refractivity contribution in [3.05, 3.63) is 59.5 Å². The van der Waals surface area contributed by atoms with Crippen LogP contribution in [-0.4, -0.2) is 66.5 Å². The first-order valence-corrected chi connectivity index (χ1v) is 10.9. The number of ether oxygens (including phenoxy) is 1. The van der Waals surface area contributed by atoms with Crippen LogP contribution in [0.25, 0.3) is 11.4 Å². The lowest BCUT2D eigenvalue weighted by atomic mass is 10.0. The standard InChI is InChI=1S/C24H30FN5O3/c1-16(2)24(32)28-20-14-18(8-9-27-20)23(22(26)17-4-6-19(25)7-5-17)29(3)15-21(31)30-10-12-33-13-11-30/h4-9,14,16H,10-13,15,26H2,1-3H3,(H,27,28,32)/b23-22-. The van der Waals surface area contributed by atoms with Crippen molar-refractivity contribution >= 4 is 29.0 Å². The Morgan fingerprint density at radius 1 is 1.18 bits per heavy atom. The Morgan fingerprint density at radius 2 is 1.85 bits per heavy atom. The fourth-order valence-electron chi connectivity index (χ4n) is 3.46. The molecular formula is C24H30FN5O3. The average molecular weight is 456 g/mol. The van der Waals surface area contributed by atoms with Crippen LogP contribution in [0, 0.1) is 11.7 Å². The molecule has 0 spiro atoms. The molecular weight excluding hydrogens is 425 g/mol. The Bertz CT molecular complexity index is 1020. The number of halogens is 1. The summed E-state index contributed by atoms with van der Waals surface area (Å²) in [5, 5.41) is 2.78.